The average Bonchev–Trinajstić information content (AvgIpc) is 3.47. The zero-order valence-electron chi connectivity index (χ0n) is 24.9. The number of methoxy groups -OCH3 is 1. The minimum atomic E-state index is -0.932. The summed E-state index contributed by atoms with van der Waals surface area (Å²) in [6.45, 7) is 12.2. The van der Waals surface area contributed by atoms with Crippen LogP contribution in [-0.4, -0.2) is 85.0 Å². The highest BCUT2D eigenvalue weighted by molar-refractivity contribution is 6.06. The van der Waals surface area contributed by atoms with Crippen LogP contribution in [-0.2, 0) is 25.4 Å². The fourth-order valence-corrected chi connectivity index (χ4v) is 4.75. The van der Waals surface area contributed by atoms with E-state index in [1.165, 1.54) is 0 Å². The lowest BCUT2D eigenvalue weighted by molar-refractivity contribution is -0.145. The maximum atomic E-state index is 14.1. The van der Waals surface area contributed by atoms with Gasteiger partial charge in [-0.05, 0) is 71.4 Å². The molecule has 4 rings (SSSR count). The van der Waals surface area contributed by atoms with E-state index in [4.69, 9.17) is 23.7 Å². The van der Waals surface area contributed by atoms with Crippen molar-refractivity contribution in [3.63, 3.8) is 0 Å². The second-order valence-corrected chi connectivity index (χ2v) is 11.7. The van der Waals surface area contributed by atoms with Gasteiger partial charge in [0.25, 0.3) is 5.91 Å². The fourth-order valence-electron chi connectivity index (χ4n) is 4.75. The summed E-state index contributed by atoms with van der Waals surface area (Å²) in [5.41, 5.74) is 0.839. The third kappa shape index (κ3) is 8.27. The minimum absolute atomic E-state index is 0.0493. The number of anilines is 2. The Bertz CT molecular complexity index is 1230. The van der Waals surface area contributed by atoms with Gasteiger partial charge in [0, 0.05) is 37.9 Å². The summed E-state index contributed by atoms with van der Waals surface area (Å²) < 4.78 is 28.6. The zero-order chi connectivity index (χ0) is 29.8. The van der Waals surface area contributed by atoms with Crippen LogP contribution < -0.4 is 20.3 Å². The summed E-state index contributed by atoms with van der Waals surface area (Å²) in [5, 5.41) is 5.96. The van der Waals surface area contributed by atoms with E-state index in [0.717, 1.165) is 17.7 Å². The summed E-state index contributed by atoms with van der Waals surface area (Å²) >= 11 is 0. The SMILES string of the molecule is COC[C@H](C)Nc1nccc(N(CC2OC(C)(C)O[C@H]2CNC(=O)OC(C)(C)C)C(=O)c2ccc3c(c2)CCO3)n1. The lowest BCUT2D eigenvalue weighted by Crippen LogP contribution is -2.46. The molecule has 2 aromatic rings. The predicted molar refractivity (Wildman–Crippen MR) is 152 cm³/mol. The molecule has 1 unspecified atom stereocenters. The Morgan fingerprint density at radius 3 is 2.68 bits per heavy atom. The van der Waals surface area contributed by atoms with Gasteiger partial charge in [0.1, 0.15) is 29.4 Å². The van der Waals surface area contributed by atoms with Gasteiger partial charge >= 0.3 is 6.09 Å². The highest BCUT2D eigenvalue weighted by Crippen LogP contribution is 2.31. The maximum absolute atomic E-state index is 14.1. The van der Waals surface area contributed by atoms with Crippen molar-refractivity contribution in [2.24, 2.45) is 0 Å². The molecule has 3 atom stereocenters. The van der Waals surface area contributed by atoms with Crippen molar-refractivity contribution >= 4 is 23.8 Å². The zero-order valence-corrected chi connectivity index (χ0v) is 24.9. The molecule has 1 saturated heterocycles. The molecule has 3 heterocycles. The largest absolute Gasteiger partial charge is 0.493 e. The van der Waals surface area contributed by atoms with Crippen LogP contribution in [0.5, 0.6) is 5.75 Å². The average molecular weight is 572 g/mol. The van der Waals surface area contributed by atoms with Crippen molar-refractivity contribution in [2.75, 3.05) is 43.6 Å². The molecule has 12 nitrogen and oxygen atoms in total. The first-order valence-electron chi connectivity index (χ1n) is 13.8. The fraction of sp³-hybridized carbons (Fsp3) is 0.586. The van der Waals surface area contributed by atoms with Gasteiger partial charge in [0.05, 0.1) is 19.8 Å². The Morgan fingerprint density at radius 1 is 1.20 bits per heavy atom. The number of nitrogens with one attached hydrogen (secondary N) is 2. The molecule has 224 valence electrons. The smallest absolute Gasteiger partial charge is 0.407 e. The van der Waals surface area contributed by atoms with Crippen molar-refractivity contribution < 1.29 is 33.3 Å². The van der Waals surface area contributed by atoms with Crippen LogP contribution in [0, 0.1) is 0 Å². The molecule has 2 aliphatic heterocycles. The molecule has 2 amide bonds. The molecule has 12 heteroatoms. The van der Waals surface area contributed by atoms with Crippen LogP contribution in [0.2, 0.25) is 0 Å². The van der Waals surface area contributed by atoms with Gasteiger partial charge in [-0.25, -0.2) is 9.78 Å². The Balaban J connectivity index is 1.60. The molecule has 2 N–H and O–H groups in total. The van der Waals surface area contributed by atoms with Gasteiger partial charge in [-0.15, -0.1) is 0 Å². The summed E-state index contributed by atoms with van der Waals surface area (Å²) in [4.78, 5) is 36.9. The first-order valence-corrected chi connectivity index (χ1v) is 13.8. The lowest BCUT2D eigenvalue weighted by atomic mass is 10.1. The van der Waals surface area contributed by atoms with Gasteiger partial charge in [0.15, 0.2) is 5.79 Å². The summed E-state index contributed by atoms with van der Waals surface area (Å²) in [7, 11) is 1.62. The van der Waals surface area contributed by atoms with Crippen LogP contribution in [0.25, 0.3) is 0 Å². The van der Waals surface area contributed by atoms with E-state index in [-0.39, 0.29) is 25.0 Å². The molecule has 0 spiro atoms. The van der Waals surface area contributed by atoms with E-state index in [1.54, 1.807) is 65.0 Å². The number of benzene rings is 1. The number of carbonyl (C=O) groups is 2. The number of hydrogen-bond acceptors (Lipinski definition) is 10. The summed E-state index contributed by atoms with van der Waals surface area (Å²) in [6.07, 6.45) is 0.637. The molecule has 0 saturated carbocycles. The molecule has 2 aliphatic rings. The number of aromatic nitrogens is 2. The predicted octanol–water partition coefficient (Wildman–Crippen LogP) is 3.55. The number of hydrogen-bond donors (Lipinski definition) is 2. The molecular formula is C29H41N5O7. The topological polar surface area (TPSA) is 133 Å². The number of nitrogens with zero attached hydrogens (tertiary/aromatic N) is 3. The minimum Gasteiger partial charge on any atom is -0.493 e. The monoisotopic (exact) mass is 571 g/mol. The molecule has 0 radical (unpaired) electrons. The normalized spacial score (nSPS) is 20.1. The molecule has 1 fully saturated rings. The van der Waals surface area contributed by atoms with Crippen molar-refractivity contribution in [1.29, 1.82) is 0 Å². The van der Waals surface area contributed by atoms with Crippen molar-refractivity contribution in [3.8, 4) is 5.75 Å². The maximum Gasteiger partial charge on any atom is 0.407 e. The van der Waals surface area contributed by atoms with E-state index in [9.17, 15) is 9.59 Å². The van der Waals surface area contributed by atoms with Gasteiger partial charge in [-0.2, -0.15) is 4.98 Å². The van der Waals surface area contributed by atoms with Crippen LogP contribution in [0.3, 0.4) is 0 Å². The third-order valence-electron chi connectivity index (χ3n) is 6.39. The van der Waals surface area contributed by atoms with Gasteiger partial charge in [-0.1, -0.05) is 0 Å². The van der Waals surface area contributed by atoms with Crippen LogP contribution in [0.1, 0.15) is 57.5 Å². The number of rotatable bonds is 10. The van der Waals surface area contributed by atoms with E-state index < -0.39 is 29.7 Å². The second-order valence-electron chi connectivity index (χ2n) is 11.7. The standard InChI is InChI=1S/C29H41N5O7/c1-18(17-37-7)32-26-30-12-10-24(33-26)34(25(35)20-8-9-21-19(14-20)11-13-38-21)16-23-22(39-29(5,6)40-23)15-31-27(36)41-28(2,3)4/h8-10,12,14,18,22-23H,11,13,15-17H2,1-7H3,(H,31,36)(H,30,32,33)/t18-,22-,23?/m0/s1. The lowest BCUT2D eigenvalue weighted by Gasteiger charge is -2.27. The number of fused-ring (bicyclic) bond motifs is 1. The van der Waals surface area contributed by atoms with E-state index in [1.807, 2.05) is 19.1 Å². The molecule has 1 aromatic heterocycles. The quantitative estimate of drug-likeness (QED) is 0.436. The Labute approximate surface area is 241 Å². The molecule has 41 heavy (non-hydrogen) atoms. The molecule has 0 aliphatic carbocycles. The first-order chi connectivity index (χ1) is 19.3. The summed E-state index contributed by atoms with van der Waals surface area (Å²) in [6, 6.07) is 7.05. The van der Waals surface area contributed by atoms with Crippen LogP contribution >= 0.6 is 0 Å². The summed E-state index contributed by atoms with van der Waals surface area (Å²) in [5.74, 6) is 0.344. The van der Waals surface area contributed by atoms with E-state index >= 15 is 0 Å². The first kappa shape index (κ1) is 30.5. The third-order valence-corrected chi connectivity index (χ3v) is 6.39. The number of alkyl carbamates (subject to hydrolysis) is 1. The highest BCUT2D eigenvalue weighted by Gasteiger charge is 2.43. The van der Waals surface area contributed by atoms with E-state index in [2.05, 4.69) is 20.6 Å². The number of carbonyl (C=O) groups excluding carboxylic acids is 2. The molecule has 1 aromatic carbocycles. The number of ether oxygens (including phenoxy) is 5. The Kier molecular flexibility index (Phi) is 9.35. The molecule has 0 bridgehead atoms. The van der Waals surface area contributed by atoms with Gasteiger partial charge in [-0.3, -0.25) is 9.69 Å². The Morgan fingerprint density at radius 2 is 1.95 bits per heavy atom. The Hall–Kier alpha value is -3.48. The van der Waals surface area contributed by atoms with Crippen LogP contribution in [0.4, 0.5) is 16.6 Å². The number of amides is 2. The second kappa shape index (κ2) is 12.6. The van der Waals surface area contributed by atoms with Crippen molar-refractivity contribution in [3.05, 3.63) is 41.6 Å². The van der Waals surface area contributed by atoms with Crippen LogP contribution in [0.15, 0.2) is 30.5 Å². The highest BCUT2D eigenvalue weighted by atomic mass is 16.8. The van der Waals surface area contributed by atoms with Crippen molar-refractivity contribution in [2.45, 2.75) is 77.6 Å². The van der Waals surface area contributed by atoms with Crippen molar-refractivity contribution in [1.82, 2.24) is 15.3 Å². The molecular weight excluding hydrogens is 530 g/mol. The van der Waals surface area contributed by atoms with E-state index in [0.29, 0.717) is 30.5 Å². The van der Waals surface area contributed by atoms with Gasteiger partial charge in [0.2, 0.25) is 5.95 Å². The van der Waals surface area contributed by atoms with Gasteiger partial charge < -0.3 is 34.3 Å².